The summed E-state index contributed by atoms with van der Waals surface area (Å²) >= 11 is 0. The Morgan fingerprint density at radius 2 is 2.09 bits per heavy atom. The van der Waals surface area contributed by atoms with Gasteiger partial charge in [-0.05, 0) is 51.2 Å². The monoisotopic (exact) mass is 298 g/mol. The van der Waals surface area contributed by atoms with Crippen molar-refractivity contribution in [2.24, 2.45) is 0 Å². The Balaban J connectivity index is 1.80. The Kier molecular flexibility index (Phi) is 3.98. The average molecular weight is 298 g/mol. The molecule has 5 heteroatoms. The molecule has 1 unspecified atom stereocenters. The molecule has 2 aromatic heterocycles. The highest BCUT2D eigenvalue weighted by Crippen LogP contribution is 2.20. The first-order valence-electron chi connectivity index (χ1n) is 7.62. The maximum Gasteiger partial charge on any atom is 0.255 e. The number of likely N-dealkylation sites (N-methyl/N-ethyl adjacent to an activating group) is 1. The van der Waals surface area contributed by atoms with Gasteiger partial charge in [-0.3, -0.25) is 9.36 Å². The van der Waals surface area contributed by atoms with Crippen molar-refractivity contribution in [2.75, 3.05) is 32.1 Å². The fourth-order valence-electron chi connectivity index (χ4n) is 2.87. The molecular formula is C17H22N4O. The van der Waals surface area contributed by atoms with Crippen LogP contribution in [-0.4, -0.2) is 47.7 Å². The third kappa shape index (κ3) is 2.90. The van der Waals surface area contributed by atoms with Gasteiger partial charge in [0.15, 0.2) is 0 Å². The Hall–Kier alpha value is -2.14. The topological polar surface area (TPSA) is 41.4 Å². The molecule has 0 aromatic carbocycles. The minimum Gasteiger partial charge on any atom is -0.355 e. The van der Waals surface area contributed by atoms with Gasteiger partial charge in [-0.15, -0.1) is 0 Å². The molecule has 22 heavy (non-hydrogen) atoms. The number of hydrogen-bond donors (Lipinski definition) is 0. The SMILES string of the molecule is Cc1ccn(-c2ccc(N3CCC(N(C)C)C3)nc2)c(=O)c1. The van der Waals surface area contributed by atoms with Gasteiger partial charge in [0.05, 0.1) is 11.9 Å². The summed E-state index contributed by atoms with van der Waals surface area (Å²) in [7, 11) is 4.24. The van der Waals surface area contributed by atoms with Gasteiger partial charge in [0.1, 0.15) is 5.82 Å². The summed E-state index contributed by atoms with van der Waals surface area (Å²) in [6.45, 7) is 3.95. The number of rotatable bonds is 3. The van der Waals surface area contributed by atoms with Crippen molar-refractivity contribution in [2.45, 2.75) is 19.4 Å². The van der Waals surface area contributed by atoms with Crippen molar-refractivity contribution >= 4 is 5.82 Å². The van der Waals surface area contributed by atoms with E-state index in [1.54, 1.807) is 23.0 Å². The lowest BCUT2D eigenvalue weighted by Crippen LogP contribution is -2.31. The van der Waals surface area contributed by atoms with E-state index in [0.717, 1.165) is 36.6 Å². The summed E-state index contributed by atoms with van der Waals surface area (Å²) in [5, 5.41) is 0. The zero-order valence-corrected chi connectivity index (χ0v) is 13.4. The molecule has 1 fully saturated rings. The van der Waals surface area contributed by atoms with Crippen LogP contribution in [-0.2, 0) is 0 Å². The molecule has 1 atom stereocenters. The second-order valence-electron chi connectivity index (χ2n) is 6.14. The van der Waals surface area contributed by atoms with Crippen LogP contribution in [0.5, 0.6) is 0 Å². The first-order chi connectivity index (χ1) is 10.5. The molecule has 1 saturated heterocycles. The quantitative estimate of drug-likeness (QED) is 0.864. The van der Waals surface area contributed by atoms with Crippen molar-refractivity contribution in [3.8, 4) is 5.69 Å². The van der Waals surface area contributed by atoms with Crippen LogP contribution in [0.2, 0.25) is 0 Å². The molecule has 0 amide bonds. The van der Waals surface area contributed by atoms with Crippen LogP contribution >= 0.6 is 0 Å². The Morgan fingerprint density at radius 3 is 2.68 bits per heavy atom. The molecule has 2 aromatic rings. The Bertz CT molecular complexity index is 705. The summed E-state index contributed by atoms with van der Waals surface area (Å²) in [5.41, 5.74) is 1.75. The van der Waals surface area contributed by atoms with Gasteiger partial charge in [-0.1, -0.05) is 0 Å². The lowest BCUT2D eigenvalue weighted by Gasteiger charge is -2.21. The fourth-order valence-corrected chi connectivity index (χ4v) is 2.87. The number of aryl methyl sites for hydroxylation is 1. The fraction of sp³-hybridized carbons (Fsp3) is 0.412. The molecule has 0 saturated carbocycles. The lowest BCUT2D eigenvalue weighted by molar-refractivity contribution is 0.315. The predicted octanol–water partition coefficient (Wildman–Crippen LogP) is 1.68. The zero-order chi connectivity index (χ0) is 15.7. The van der Waals surface area contributed by atoms with Crippen LogP contribution in [0.25, 0.3) is 5.69 Å². The minimum atomic E-state index is -0.0246. The van der Waals surface area contributed by atoms with Crippen LogP contribution in [0, 0.1) is 6.92 Å². The van der Waals surface area contributed by atoms with Gasteiger partial charge in [0, 0.05) is 31.4 Å². The van der Waals surface area contributed by atoms with Crippen molar-refractivity contribution < 1.29 is 0 Å². The van der Waals surface area contributed by atoms with Gasteiger partial charge in [-0.2, -0.15) is 0 Å². The zero-order valence-electron chi connectivity index (χ0n) is 13.4. The number of hydrogen-bond acceptors (Lipinski definition) is 4. The second-order valence-corrected chi connectivity index (χ2v) is 6.14. The van der Waals surface area contributed by atoms with E-state index in [4.69, 9.17) is 0 Å². The van der Waals surface area contributed by atoms with Crippen molar-refractivity contribution in [1.82, 2.24) is 14.5 Å². The number of aromatic nitrogens is 2. The molecule has 1 aliphatic heterocycles. The molecule has 0 bridgehead atoms. The highest BCUT2D eigenvalue weighted by Gasteiger charge is 2.24. The average Bonchev–Trinajstić information content (AvgIpc) is 2.98. The van der Waals surface area contributed by atoms with Gasteiger partial charge in [0.2, 0.25) is 0 Å². The second kappa shape index (κ2) is 5.93. The van der Waals surface area contributed by atoms with E-state index in [9.17, 15) is 4.79 Å². The summed E-state index contributed by atoms with van der Waals surface area (Å²) in [5.74, 6) is 0.980. The molecule has 0 N–H and O–H groups in total. The summed E-state index contributed by atoms with van der Waals surface area (Å²) < 4.78 is 1.62. The number of nitrogens with zero attached hydrogens (tertiary/aromatic N) is 4. The van der Waals surface area contributed by atoms with Crippen LogP contribution in [0.4, 0.5) is 5.82 Å². The first-order valence-corrected chi connectivity index (χ1v) is 7.62. The Labute approximate surface area is 130 Å². The summed E-state index contributed by atoms with van der Waals surface area (Å²) in [6, 6.07) is 8.11. The minimum absolute atomic E-state index is 0.0246. The largest absolute Gasteiger partial charge is 0.355 e. The van der Waals surface area contributed by atoms with E-state index in [-0.39, 0.29) is 5.56 Å². The normalized spacial score (nSPS) is 18.2. The van der Waals surface area contributed by atoms with E-state index < -0.39 is 0 Å². The van der Waals surface area contributed by atoms with Crippen LogP contribution in [0.1, 0.15) is 12.0 Å². The standard InChI is InChI=1S/C17H22N4O/c1-13-6-9-21(17(22)10-13)14-4-5-16(18-11-14)20-8-7-15(12-20)19(2)3/h4-6,9-11,15H,7-8,12H2,1-3H3. The predicted molar refractivity (Wildman–Crippen MR) is 88.9 cm³/mol. The number of pyridine rings is 2. The summed E-state index contributed by atoms with van der Waals surface area (Å²) in [6.07, 6.45) is 4.73. The molecule has 3 rings (SSSR count). The summed E-state index contributed by atoms with van der Waals surface area (Å²) in [4.78, 5) is 21.1. The van der Waals surface area contributed by atoms with Crippen molar-refractivity contribution in [3.05, 3.63) is 52.6 Å². The highest BCUT2D eigenvalue weighted by atomic mass is 16.1. The molecule has 0 aliphatic carbocycles. The van der Waals surface area contributed by atoms with Gasteiger partial charge in [-0.25, -0.2) is 4.98 Å². The third-order valence-corrected chi connectivity index (χ3v) is 4.30. The van der Waals surface area contributed by atoms with Crippen molar-refractivity contribution in [3.63, 3.8) is 0 Å². The smallest absolute Gasteiger partial charge is 0.255 e. The maximum atomic E-state index is 12.0. The molecule has 116 valence electrons. The molecule has 0 spiro atoms. The Morgan fingerprint density at radius 1 is 1.27 bits per heavy atom. The number of anilines is 1. The van der Waals surface area contributed by atoms with E-state index in [1.807, 2.05) is 25.1 Å². The molecule has 5 nitrogen and oxygen atoms in total. The molecular weight excluding hydrogens is 276 g/mol. The van der Waals surface area contributed by atoms with Crippen LogP contribution in [0.15, 0.2) is 41.5 Å². The van der Waals surface area contributed by atoms with E-state index in [2.05, 4.69) is 28.9 Å². The van der Waals surface area contributed by atoms with Crippen molar-refractivity contribution in [1.29, 1.82) is 0 Å². The van der Waals surface area contributed by atoms with Crippen LogP contribution < -0.4 is 10.5 Å². The molecule has 0 radical (unpaired) electrons. The van der Waals surface area contributed by atoms with Crippen LogP contribution in [0.3, 0.4) is 0 Å². The van der Waals surface area contributed by atoms with E-state index in [1.165, 1.54) is 0 Å². The van der Waals surface area contributed by atoms with E-state index in [0.29, 0.717) is 6.04 Å². The first kappa shape index (κ1) is 14.8. The van der Waals surface area contributed by atoms with Gasteiger partial charge < -0.3 is 9.80 Å². The lowest BCUT2D eigenvalue weighted by atomic mass is 10.2. The van der Waals surface area contributed by atoms with Gasteiger partial charge >= 0.3 is 0 Å². The molecule has 3 heterocycles. The highest BCUT2D eigenvalue weighted by molar-refractivity contribution is 5.44. The maximum absolute atomic E-state index is 12.0. The van der Waals surface area contributed by atoms with Gasteiger partial charge in [0.25, 0.3) is 5.56 Å². The third-order valence-electron chi connectivity index (χ3n) is 4.30. The van der Waals surface area contributed by atoms with E-state index >= 15 is 0 Å². The molecule has 1 aliphatic rings.